The van der Waals surface area contributed by atoms with E-state index in [1.165, 1.54) is 10.6 Å². The lowest BCUT2D eigenvalue weighted by molar-refractivity contribution is 0.426. The maximum Gasteiger partial charge on any atom is 0.211 e. The quantitative estimate of drug-likeness (QED) is 0.614. The number of rotatable bonds is 1. The Bertz CT molecular complexity index is 435. The summed E-state index contributed by atoms with van der Waals surface area (Å²) >= 11 is 0. The SMILES string of the molecule is Cn1n[c]c2c1CN(S(C)(=O)=O)C2. The van der Waals surface area contributed by atoms with Gasteiger partial charge in [0.1, 0.15) is 6.20 Å². The minimum absolute atomic E-state index is 0.405. The van der Waals surface area contributed by atoms with Crippen molar-refractivity contribution in [2.45, 2.75) is 13.1 Å². The number of aromatic nitrogens is 2. The molecule has 1 aromatic rings. The van der Waals surface area contributed by atoms with Gasteiger partial charge in [-0.1, -0.05) is 0 Å². The smallest absolute Gasteiger partial charge is 0.211 e. The van der Waals surface area contributed by atoms with Crippen LogP contribution >= 0.6 is 0 Å². The molecule has 0 amide bonds. The largest absolute Gasteiger partial charge is 0.270 e. The minimum atomic E-state index is -3.08. The van der Waals surface area contributed by atoms with Crippen molar-refractivity contribution in [3.05, 3.63) is 17.5 Å². The fraction of sp³-hybridized carbons (Fsp3) is 0.571. The van der Waals surface area contributed by atoms with E-state index in [1.807, 2.05) is 0 Å². The number of nitrogens with zero attached hydrogens (tertiary/aromatic N) is 3. The average Bonchev–Trinajstić information content (AvgIpc) is 2.51. The molecule has 1 aliphatic heterocycles. The summed E-state index contributed by atoms with van der Waals surface area (Å²) in [6.45, 7) is 0.823. The van der Waals surface area contributed by atoms with Crippen molar-refractivity contribution in [3.8, 4) is 0 Å². The van der Waals surface area contributed by atoms with E-state index < -0.39 is 10.0 Å². The van der Waals surface area contributed by atoms with E-state index >= 15 is 0 Å². The molecule has 1 radical (unpaired) electrons. The standard InChI is InChI=1S/C7H10N3O2S/c1-9-7-5-10(13(2,11)12)4-6(7)3-8-9/h4-5H2,1-2H3. The van der Waals surface area contributed by atoms with Crippen molar-refractivity contribution in [2.24, 2.45) is 7.05 Å². The molecule has 0 atom stereocenters. The second-order valence-electron chi connectivity index (χ2n) is 3.19. The Morgan fingerprint density at radius 1 is 1.46 bits per heavy atom. The Morgan fingerprint density at radius 3 is 2.69 bits per heavy atom. The molecule has 0 N–H and O–H groups in total. The molecule has 0 spiro atoms. The van der Waals surface area contributed by atoms with E-state index in [4.69, 9.17) is 0 Å². The predicted molar refractivity (Wildman–Crippen MR) is 46.1 cm³/mol. The van der Waals surface area contributed by atoms with Crippen LogP contribution < -0.4 is 0 Å². The predicted octanol–water partition coefficient (Wildman–Crippen LogP) is -0.505. The first kappa shape index (κ1) is 8.71. The van der Waals surface area contributed by atoms with E-state index in [0.29, 0.717) is 13.1 Å². The Labute approximate surface area is 77.0 Å². The first-order chi connectivity index (χ1) is 5.98. The van der Waals surface area contributed by atoms with Crippen LogP contribution in [0.3, 0.4) is 0 Å². The summed E-state index contributed by atoms with van der Waals surface area (Å²) in [6, 6.07) is 0. The van der Waals surface area contributed by atoms with Crippen molar-refractivity contribution >= 4 is 10.0 Å². The van der Waals surface area contributed by atoms with Gasteiger partial charge in [-0.2, -0.15) is 9.40 Å². The van der Waals surface area contributed by atoms with Crippen molar-refractivity contribution in [1.82, 2.24) is 14.1 Å². The fourth-order valence-corrected chi connectivity index (χ4v) is 2.13. The zero-order valence-corrected chi connectivity index (χ0v) is 8.30. The Kier molecular flexibility index (Phi) is 1.71. The van der Waals surface area contributed by atoms with Crippen LogP contribution in [-0.2, 0) is 30.2 Å². The molecule has 0 bridgehead atoms. The van der Waals surface area contributed by atoms with E-state index in [-0.39, 0.29) is 0 Å². The van der Waals surface area contributed by atoms with E-state index in [0.717, 1.165) is 11.3 Å². The van der Waals surface area contributed by atoms with Crippen LogP contribution in [0.15, 0.2) is 0 Å². The van der Waals surface area contributed by atoms with Crippen LogP contribution in [0, 0.1) is 6.20 Å². The maximum absolute atomic E-state index is 11.2. The molecule has 2 heterocycles. The van der Waals surface area contributed by atoms with Gasteiger partial charge in [0.25, 0.3) is 0 Å². The lowest BCUT2D eigenvalue weighted by atomic mass is 10.3. The molecule has 1 aliphatic rings. The highest BCUT2D eigenvalue weighted by Gasteiger charge is 2.28. The normalized spacial score (nSPS) is 17.7. The molecule has 2 rings (SSSR count). The molecule has 6 heteroatoms. The molecule has 0 unspecified atom stereocenters. The Morgan fingerprint density at radius 2 is 2.15 bits per heavy atom. The number of aryl methyl sites for hydroxylation is 1. The molecular weight excluding hydrogens is 190 g/mol. The molecular formula is C7H10N3O2S. The molecule has 13 heavy (non-hydrogen) atoms. The average molecular weight is 200 g/mol. The van der Waals surface area contributed by atoms with Gasteiger partial charge in [-0.05, 0) is 0 Å². The Balaban J connectivity index is 2.34. The number of fused-ring (bicyclic) bond motifs is 1. The maximum atomic E-state index is 11.2. The number of sulfonamides is 1. The summed E-state index contributed by atoms with van der Waals surface area (Å²) < 4.78 is 25.5. The molecule has 0 fully saturated rings. The second-order valence-corrected chi connectivity index (χ2v) is 5.17. The second kappa shape index (κ2) is 2.55. The van der Waals surface area contributed by atoms with Gasteiger partial charge in [-0.15, -0.1) is 0 Å². The summed E-state index contributed by atoms with van der Waals surface area (Å²) in [4.78, 5) is 0. The topological polar surface area (TPSA) is 55.2 Å². The molecule has 0 aliphatic carbocycles. The highest BCUT2D eigenvalue weighted by molar-refractivity contribution is 7.88. The summed E-state index contributed by atoms with van der Waals surface area (Å²) in [5.74, 6) is 0. The third kappa shape index (κ3) is 1.36. The van der Waals surface area contributed by atoms with E-state index in [2.05, 4.69) is 11.3 Å². The molecule has 0 saturated heterocycles. The summed E-state index contributed by atoms with van der Waals surface area (Å²) in [5, 5.41) is 3.92. The monoisotopic (exact) mass is 200 g/mol. The molecule has 1 aromatic heterocycles. The van der Waals surface area contributed by atoms with Gasteiger partial charge in [0.15, 0.2) is 0 Å². The van der Waals surface area contributed by atoms with Crippen LogP contribution in [0.5, 0.6) is 0 Å². The van der Waals surface area contributed by atoms with Gasteiger partial charge in [-0.3, -0.25) is 4.68 Å². The number of hydrogen-bond donors (Lipinski definition) is 0. The first-order valence-electron chi connectivity index (χ1n) is 3.86. The molecule has 0 aromatic carbocycles. The van der Waals surface area contributed by atoms with Crippen LogP contribution in [0.4, 0.5) is 0 Å². The fourth-order valence-electron chi connectivity index (χ4n) is 1.41. The Hall–Kier alpha value is -0.880. The van der Waals surface area contributed by atoms with Gasteiger partial charge in [0.05, 0.1) is 18.5 Å². The van der Waals surface area contributed by atoms with Crippen LogP contribution in [0.2, 0.25) is 0 Å². The highest BCUT2D eigenvalue weighted by Crippen LogP contribution is 2.22. The zero-order chi connectivity index (χ0) is 9.64. The molecule has 5 nitrogen and oxygen atoms in total. The third-order valence-electron chi connectivity index (χ3n) is 2.20. The van der Waals surface area contributed by atoms with E-state index in [1.54, 1.807) is 11.7 Å². The van der Waals surface area contributed by atoms with Crippen molar-refractivity contribution in [1.29, 1.82) is 0 Å². The summed E-state index contributed by atoms with van der Waals surface area (Å²) in [5.41, 5.74) is 1.82. The van der Waals surface area contributed by atoms with Gasteiger partial charge in [-0.25, -0.2) is 8.42 Å². The van der Waals surface area contributed by atoms with E-state index in [9.17, 15) is 8.42 Å². The van der Waals surface area contributed by atoms with Gasteiger partial charge in [0, 0.05) is 19.2 Å². The van der Waals surface area contributed by atoms with Crippen LogP contribution in [0.25, 0.3) is 0 Å². The lowest BCUT2D eigenvalue weighted by Crippen LogP contribution is -2.24. The van der Waals surface area contributed by atoms with Crippen molar-refractivity contribution in [3.63, 3.8) is 0 Å². The summed E-state index contributed by atoms with van der Waals surface area (Å²) in [6.07, 6.45) is 4.01. The lowest BCUT2D eigenvalue weighted by Gasteiger charge is -2.11. The zero-order valence-electron chi connectivity index (χ0n) is 7.48. The first-order valence-corrected chi connectivity index (χ1v) is 5.71. The number of hydrogen-bond acceptors (Lipinski definition) is 3. The minimum Gasteiger partial charge on any atom is -0.270 e. The van der Waals surface area contributed by atoms with Crippen molar-refractivity contribution in [2.75, 3.05) is 6.26 Å². The van der Waals surface area contributed by atoms with Crippen LogP contribution in [-0.4, -0.2) is 28.8 Å². The molecule has 0 saturated carbocycles. The molecule has 71 valence electrons. The van der Waals surface area contributed by atoms with Gasteiger partial charge < -0.3 is 0 Å². The van der Waals surface area contributed by atoms with Gasteiger partial charge in [0.2, 0.25) is 10.0 Å². The van der Waals surface area contributed by atoms with Crippen LogP contribution in [0.1, 0.15) is 11.3 Å². The summed E-state index contributed by atoms with van der Waals surface area (Å²) in [7, 11) is -1.29. The highest BCUT2D eigenvalue weighted by atomic mass is 32.2. The third-order valence-corrected chi connectivity index (χ3v) is 3.40. The van der Waals surface area contributed by atoms with Crippen molar-refractivity contribution < 1.29 is 8.42 Å². The van der Waals surface area contributed by atoms with Gasteiger partial charge >= 0.3 is 0 Å².